The zero-order valence-electron chi connectivity index (χ0n) is 28.5. The molecule has 246 valence electrons. The Balaban J connectivity index is 1.10. The quantitative estimate of drug-likeness (QED) is 0.177. The normalized spacial score (nSPS) is 12.9. The minimum atomic E-state index is 0.797. The number of hydrogen-bond donors (Lipinski definition) is 0. The number of furan rings is 1. The average Bonchev–Trinajstić information content (AvgIpc) is 3.58. The highest BCUT2D eigenvalue weighted by molar-refractivity contribution is 6.11. The van der Waals surface area contributed by atoms with Gasteiger partial charge in [0.1, 0.15) is 11.1 Å². The number of benzene rings is 7. The Hall–Kier alpha value is -6.71. The van der Waals surface area contributed by atoms with Crippen molar-refractivity contribution in [2.24, 2.45) is 0 Å². The lowest BCUT2D eigenvalue weighted by atomic mass is 9.94. The van der Waals surface area contributed by atoms with Crippen molar-refractivity contribution in [1.82, 2.24) is 4.98 Å². The van der Waals surface area contributed by atoms with E-state index < -0.39 is 0 Å². The minimum Gasteiger partial charge on any atom is -0.454 e. The number of anilines is 3. The van der Waals surface area contributed by atoms with Gasteiger partial charge in [0.15, 0.2) is 5.58 Å². The van der Waals surface area contributed by atoms with Crippen molar-refractivity contribution in [3.63, 3.8) is 0 Å². The smallest absolute Gasteiger partial charge is 0.153 e. The van der Waals surface area contributed by atoms with Crippen LogP contribution in [0.4, 0.5) is 17.1 Å². The van der Waals surface area contributed by atoms with Crippen LogP contribution in [0.25, 0.3) is 71.4 Å². The van der Waals surface area contributed by atoms with Gasteiger partial charge in [-0.2, -0.15) is 0 Å². The second kappa shape index (κ2) is 12.6. The van der Waals surface area contributed by atoms with Crippen LogP contribution in [0.2, 0.25) is 0 Å². The maximum atomic E-state index is 6.34. The fourth-order valence-corrected chi connectivity index (χ4v) is 7.79. The number of allylic oxidation sites excluding steroid dienone is 4. The van der Waals surface area contributed by atoms with E-state index in [2.05, 4.69) is 174 Å². The van der Waals surface area contributed by atoms with Gasteiger partial charge in [-0.3, -0.25) is 4.98 Å². The molecule has 0 N–H and O–H groups in total. The number of aromatic nitrogens is 1. The van der Waals surface area contributed by atoms with Crippen molar-refractivity contribution >= 4 is 66.2 Å². The van der Waals surface area contributed by atoms with Gasteiger partial charge in [0.25, 0.3) is 0 Å². The molecule has 10 rings (SSSR count). The lowest BCUT2D eigenvalue weighted by molar-refractivity contribution is 0.668. The van der Waals surface area contributed by atoms with Crippen molar-refractivity contribution in [2.45, 2.75) is 12.8 Å². The second-order valence-electron chi connectivity index (χ2n) is 13.5. The summed E-state index contributed by atoms with van der Waals surface area (Å²) in [7, 11) is 0. The monoisotopic (exact) mass is 666 g/mol. The largest absolute Gasteiger partial charge is 0.454 e. The summed E-state index contributed by atoms with van der Waals surface area (Å²) in [6.07, 6.45) is 10.7. The molecule has 0 atom stereocenters. The standard InChI is InChI=1S/C49H34N2O/c1-2-10-33(11-3-1)37-14-6-15-38(30-37)34-21-25-40(26-22-34)51(41-27-23-36(24-28-41)43-18-7-13-35-12-4-5-17-42(35)43)46-19-8-16-39-31-45-48(32-44(39)46)52-47-20-9-29-50-49(45)47/h1-2,4-10,12-32H,3,11H2. The molecule has 1 aliphatic carbocycles. The lowest BCUT2D eigenvalue weighted by Crippen LogP contribution is -2.10. The molecule has 3 heteroatoms. The van der Waals surface area contributed by atoms with Crippen molar-refractivity contribution < 1.29 is 4.42 Å². The maximum Gasteiger partial charge on any atom is 0.153 e. The van der Waals surface area contributed by atoms with E-state index in [9.17, 15) is 0 Å². The molecular weight excluding hydrogens is 633 g/mol. The van der Waals surface area contributed by atoms with Crippen molar-refractivity contribution in [1.29, 1.82) is 0 Å². The molecule has 0 bridgehead atoms. The molecule has 0 aliphatic heterocycles. The average molecular weight is 667 g/mol. The molecule has 0 saturated carbocycles. The highest BCUT2D eigenvalue weighted by Gasteiger charge is 2.18. The molecular formula is C49H34N2O. The maximum absolute atomic E-state index is 6.34. The molecule has 0 spiro atoms. The van der Waals surface area contributed by atoms with Crippen molar-refractivity contribution in [3.8, 4) is 22.3 Å². The van der Waals surface area contributed by atoms with Crippen LogP contribution in [-0.4, -0.2) is 4.98 Å². The number of hydrogen-bond acceptors (Lipinski definition) is 3. The molecule has 0 saturated heterocycles. The Kier molecular flexibility index (Phi) is 7.28. The van der Waals surface area contributed by atoms with E-state index in [1.165, 1.54) is 44.2 Å². The lowest BCUT2D eigenvalue weighted by Gasteiger charge is -2.27. The van der Waals surface area contributed by atoms with Crippen LogP contribution in [-0.2, 0) is 0 Å². The van der Waals surface area contributed by atoms with Gasteiger partial charge in [0.05, 0.1) is 5.69 Å². The van der Waals surface area contributed by atoms with E-state index in [0.29, 0.717) is 0 Å². The number of fused-ring (bicyclic) bond motifs is 5. The predicted octanol–water partition coefficient (Wildman–Crippen LogP) is 13.8. The third-order valence-electron chi connectivity index (χ3n) is 10.4. The van der Waals surface area contributed by atoms with Gasteiger partial charge in [-0.25, -0.2) is 0 Å². The topological polar surface area (TPSA) is 29.3 Å². The molecule has 3 nitrogen and oxygen atoms in total. The van der Waals surface area contributed by atoms with E-state index in [1.54, 1.807) is 0 Å². The molecule has 7 aromatic carbocycles. The zero-order chi connectivity index (χ0) is 34.4. The first-order valence-electron chi connectivity index (χ1n) is 17.9. The Morgan fingerprint density at radius 3 is 2.12 bits per heavy atom. The second-order valence-corrected chi connectivity index (χ2v) is 13.5. The number of rotatable bonds is 6. The SMILES string of the molecule is C1=CCCC(c2cccc(-c3ccc(N(c4ccc(-c5cccc6ccccc56)cc4)c4cccc5cc6c(cc45)oc4cccnc46)cc3)c2)=C1. The molecule has 0 amide bonds. The number of nitrogens with zero attached hydrogens (tertiary/aromatic N) is 2. The molecule has 1 aliphatic rings. The minimum absolute atomic E-state index is 0.797. The first-order chi connectivity index (χ1) is 25.8. The van der Waals surface area contributed by atoms with Crippen LogP contribution in [0.3, 0.4) is 0 Å². The summed E-state index contributed by atoms with van der Waals surface area (Å²) >= 11 is 0. The van der Waals surface area contributed by atoms with Gasteiger partial charge in [0.2, 0.25) is 0 Å². The summed E-state index contributed by atoms with van der Waals surface area (Å²) in [5, 5.41) is 5.77. The summed E-state index contributed by atoms with van der Waals surface area (Å²) in [5.74, 6) is 0. The van der Waals surface area contributed by atoms with E-state index in [4.69, 9.17) is 4.42 Å². The molecule has 0 radical (unpaired) electrons. The molecule has 2 aromatic heterocycles. The van der Waals surface area contributed by atoms with E-state index >= 15 is 0 Å². The van der Waals surface area contributed by atoms with Crippen LogP contribution in [0, 0.1) is 0 Å². The van der Waals surface area contributed by atoms with E-state index in [1.807, 2.05) is 18.3 Å². The first-order valence-corrected chi connectivity index (χ1v) is 17.9. The summed E-state index contributed by atoms with van der Waals surface area (Å²) in [5.41, 5.74) is 13.3. The molecule has 52 heavy (non-hydrogen) atoms. The molecule has 0 fully saturated rings. The van der Waals surface area contributed by atoms with Gasteiger partial charge >= 0.3 is 0 Å². The predicted molar refractivity (Wildman–Crippen MR) is 218 cm³/mol. The van der Waals surface area contributed by atoms with Gasteiger partial charge in [0, 0.05) is 28.3 Å². The Morgan fingerprint density at radius 2 is 1.27 bits per heavy atom. The fraction of sp³-hybridized carbons (Fsp3) is 0.0408. The van der Waals surface area contributed by atoms with Gasteiger partial charge in [-0.15, -0.1) is 0 Å². The highest BCUT2D eigenvalue weighted by Crippen LogP contribution is 2.43. The van der Waals surface area contributed by atoms with Crippen molar-refractivity contribution in [3.05, 3.63) is 188 Å². The zero-order valence-corrected chi connectivity index (χ0v) is 28.5. The molecule has 2 heterocycles. The van der Waals surface area contributed by atoms with Crippen LogP contribution in [0.1, 0.15) is 18.4 Å². The Bertz CT molecular complexity index is 2840. The van der Waals surface area contributed by atoms with Crippen LogP contribution in [0.15, 0.2) is 187 Å². The molecule has 0 unspecified atom stereocenters. The molecule has 9 aromatic rings. The van der Waals surface area contributed by atoms with Crippen LogP contribution in [0.5, 0.6) is 0 Å². The summed E-state index contributed by atoms with van der Waals surface area (Å²) in [4.78, 5) is 7.00. The van der Waals surface area contributed by atoms with Gasteiger partial charge < -0.3 is 9.32 Å². The summed E-state index contributed by atoms with van der Waals surface area (Å²) in [6, 6.07) is 56.8. The third-order valence-corrected chi connectivity index (χ3v) is 10.4. The van der Waals surface area contributed by atoms with E-state index in [0.717, 1.165) is 62.7 Å². The third kappa shape index (κ3) is 5.26. The van der Waals surface area contributed by atoms with E-state index in [-0.39, 0.29) is 0 Å². The fourth-order valence-electron chi connectivity index (χ4n) is 7.79. The highest BCUT2D eigenvalue weighted by atomic mass is 16.3. The summed E-state index contributed by atoms with van der Waals surface area (Å²) in [6.45, 7) is 0. The van der Waals surface area contributed by atoms with Gasteiger partial charge in [-0.05, 0) is 123 Å². The van der Waals surface area contributed by atoms with Crippen LogP contribution >= 0.6 is 0 Å². The Morgan fingerprint density at radius 1 is 0.519 bits per heavy atom. The van der Waals surface area contributed by atoms with Crippen LogP contribution < -0.4 is 4.90 Å². The van der Waals surface area contributed by atoms with Gasteiger partial charge in [-0.1, -0.05) is 115 Å². The first kappa shape index (κ1) is 30.1. The Labute approximate surface area is 302 Å². The number of pyridine rings is 1. The summed E-state index contributed by atoms with van der Waals surface area (Å²) < 4.78 is 6.34. The van der Waals surface area contributed by atoms with Crippen molar-refractivity contribution in [2.75, 3.05) is 4.90 Å².